The van der Waals surface area contributed by atoms with Crippen molar-refractivity contribution in [1.82, 2.24) is 10.2 Å². The molecule has 2 N–H and O–H groups in total. The van der Waals surface area contributed by atoms with E-state index in [1.54, 1.807) is 0 Å². The molecule has 15 heavy (non-hydrogen) atoms. The van der Waals surface area contributed by atoms with E-state index in [4.69, 9.17) is 0 Å². The third-order valence-corrected chi connectivity index (χ3v) is 2.36. The summed E-state index contributed by atoms with van der Waals surface area (Å²) in [4.78, 5) is 0. The van der Waals surface area contributed by atoms with Crippen LogP contribution in [-0.4, -0.2) is 17.2 Å². The van der Waals surface area contributed by atoms with Crippen LogP contribution in [0.1, 0.15) is 25.1 Å². The van der Waals surface area contributed by atoms with E-state index in [1.807, 2.05) is 33.9 Å². The average Bonchev–Trinajstić information content (AvgIpc) is 2.64. The molecule has 0 radical (unpaired) electrons. The molecule has 82 valence electrons. The molecule has 0 aliphatic rings. The molecule has 0 saturated carbocycles. The minimum absolute atomic E-state index is 1.02. The first-order valence-electron chi connectivity index (χ1n) is 5.36. The fourth-order valence-corrected chi connectivity index (χ4v) is 1.69. The predicted molar refractivity (Wildman–Crippen MR) is 66.5 cm³/mol. The van der Waals surface area contributed by atoms with Crippen LogP contribution in [0.4, 0.5) is 5.69 Å². The van der Waals surface area contributed by atoms with Crippen molar-refractivity contribution in [2.75, 3.05) is 12.4 Å². The fraction of sp³-hybridized carbons (Fsp3) is 0.417. The van der Waals surface area contributed by atoms with Crippen LogP contribution >= 0.6 is 0 Å². The SMILES string of the molecule is CC.CNc1c(C)ccc2n[nH]c(C)c12. The summed E-state index contributed by atoms with van der Waals surface area (Å²) in [6, 6.07) is 4.11. The first-order chi connectivity index (χ1) is 7.24. The van der Waals surface area contributed by atoms with Gasteiger partial charge >= 0.3 is 0 Å². The summed E-state index contributed by atoms with van der Waals surface area (Å²) in [6.45, 7) is 8.13. The van der Waals surface area contributed by atoms with E-state index in [9.17, 15) is 0 Å². The van der Waals surface area contributed by atoms with Crippen LogP contribution in [-0.2, 0) is 0 Å². The lowest BCUT2D eigenvalue weighted by atomic mass is 10.1. The molecule has 0 spiro atoms. The lowest BCUT2D eigenvalue weighted by Gasteiger charge is -2.06. The van der Waals surface area contributed by atoms with Gasteiger partial charge in [0.25, 0.3) is 0 Å². The van der Waals surface area contributed by atoms with Gasteiger partial charge in [-0.3, -0.25) is 5.10 Å². The quantitative estimate of drug-likeness (QED) is 0.750. The smallest absolute Gasteiger partial charge is 0.0944 e. The van der Waals surface area contributed by atoms with Crippen molar-refractivity contribution in [3.05, 3.63) is 23.4 Å². The largest absolute Gasteiger partial charge is 0.387 e. The Kier molecular flexibility index (Phi) is 3.72. The number of aromatic nitrogens is 2. The first kappa shape index (κ1) is 11.6. The van der Waals surface area contributed by atoms with Gasteiger partial charge in [0, 0.05) is 23.8 Å². The van der Waals surface area contributed by atoms with E-state index in [1.165, 1.54) is 16.6 Å². The third kappa shape index (κ3) is 1.96. The highest BCUT2D eigenvalue weighted by Gasteiger charge is 2.07. The minimum Gasteiger partial charge on any atom is -0.387 e. The second kappa shape index (κ2) is 4.82. The number of nitrogens with one attached hydrogen (secondary N) is 2. The third-order valence-electron chi connectivity index (χ3n) is 2.36. The topological polar surface area (TPSA) is 40.7 Å². The zero-order chi connectivity index (χ0) is 11.4. The predicted octanol–water partition coefficient (Wildman–Crippen LogP) is 3.25. The van der Waals surface area contributed by atoms with Crippen molar-refractivity contribution in [3.8, 4) is 0 Å². The van der Waals surface area contributed by atoms with Crippen molar-refractivity contribution < 1.29 is 0 Å². The van der Waals surface area contributed by atoms with Crippen LogP contribution in [0.2, 0.25) is 0 Å². The van der Waals surface area contributed by atoms with Gasteiger partial charge in [-0.05, 0) is 25.5 Å². The molecule has 0 unspecified atom stereocenters. The maximum absolute atomic E-state index is 4.20. The van der Waals surface area contributed by atoms with E-state index < -0.39 is 0 Å². The maximum atomic E-state index is 4.20. The van der Waals surface area contributed by atoms with E-state index in [2.05, 4.69) is 28.5 Å². The molecular weight excluding hydrogens is 186 g/mol. The molecule has 0 fully saturated rings. The Bertz CT molecular complexity index is 443. The number of fused-ring (bicyclic) bond motifs is 1. The minimum atomic E-state index is 1.02. The Balaban J connectivity index is 0.000000531. The average molecular weight is 205 g/mol. The number of benzene rings is 1. The van der Waals surface area contributed by atoms with Gasteiger partial charge < -0.3 is 5.32 Å². The molecule has 0 bridgehead atoms. The van der Waals surface area contributed by atoms with Crippen LogP contribution in [0.5, 0.6) is 0 Å². The van der Waals surface area contributed by atoms with Crippen LogP contribution < -0.4 is 5.32 Å². The highest BCUT2D eigenvalue weighted by molar-refractivity contribution is 5.95. The molecule has 0 aliphatic heterocycles. The van der Waals surface area contributed by atoms with Gasteiger partial charge in [0.1, 0.15) is 0 Å². The first-order valence-corrected chi connectivity index (χ1v) is 5.36. The Labute approximate surface area is 90.9 Å². The Morgan fingerprint density at radius 3 is 2.47 bits per heavy atom. The zero-order valence-corrected chi connectivity index (χ0v) is 10.1. The van der Waals surface area contributed by atoms with Gasteiger partial charge in [-0.1, -0.05) is 19.9 Å². The molecule has 1 heterocycles. The molecule has 0 amide bonds. The molecule has 1 aromatic carbocycles. The summed E-state index contributed by atoms with van der Waals surface area (Å²) in [6.07, 6.45) is 0. The summed E-state index contributed by atoms with van der Waals surface area (Å²) in [5, 5.41) is 11.6. The Morgan fingerprint density at radius 1 is 1.20 bits per heavy atom. The molecular formula is C12H19N3. The van der Waals surface area contributed by atoms with Crippen LogP contribution in [0.3, 0.4) is 0 Å². The number of anilines is 1. The molecule has 1 aromatic heterocycles. The molecule has 3 heteroatoms. The Morgan fingerprint density at radius 2 is 1.87 bits per heavy atom. The zero-order valence-electron chi connectivity index (χ0n) is 10.1. The van der Waals surface area contributed by atoms with Crippen LogP contribution in [0.15, 0.2) is 12.1 Å². The highest BCUT2D eigenvalue weighted by Crippen LogP contribution is 2.27. The van der Waals surface area contributed by atoms with Gasteiger partial charge in [-0.15, -0.1) is 0 Å². The summed E-state index contributed by atoms with van der Waals surface area (Å²) < 4.78 is 0. The number of hydrogen-bond acceptors (Lipinski definition) is 2. The van der Waals surface area contributed by atoms with Crippen molar-refractivity contribution in [3.63, 3.8) is 0 Å². The van der Waals surface area contributed by atoms with E-state index >= 15 is 0 Å². The number of rotatable bonds is 1. The normalized spacial score (nSPS) is 9.67. The number of H-pyrrole nitrogens is 1. The van der Waals surface area contributed by atoms with Gasteiger partial charge in [0.2, 0.25) is 0 Å². The monoisotopic (exact) mass is 205 g/mol. The lowest BCUT2D eigenvalue weighted by Crippen LogP contribution is -1.92. The number of aromatic amines is 1. The summed E-state index contributed by atoms with van der Waals surface area (Å²) >= 11 is 0. The van der Waals surface area contributed by atoms with E-state index in [0.717, 1.165) is 11.2 Å². The molecule has 2 aromatic rings. The summed E-state index contributed by atoms with van der Waals surface area (Å²) in [5.74, 6) is 0. The van der Waals surface area contributed by atoms with E-state index in [0.29, 0.717) is 0 Å². The summed E-state index contributed by atoms with van der Waals surface area (Å²) in [5.41, 5.74) is 4.55. The molecule has 3 nitrogen and oxygen atoms in total. The summed E-state index contributed by atoms with van der Waals surface area (Å²) in [7, 11) is 1.94. The number of aryl methyl sites for hydroxylation is 2. The Hall–Kier alpha value is -1.51. The number of hydrogen-bond donors (Lipinski definition) is 2. The molecule has 0 aliphatic carbocycles. The van der Waals surface area contributed by atoms with Crippen molar-refractivity contribution in [2.45, 2.75) is 27.7 Å². The van der Waals surface area contributed by atoms with E-state index in [-0.39, 0.29) is 0 Å². The van der Waals surface area contributed by atoms with Crippen molar-refractivity contribution in [2.24, 2.45) is 0 Å². The van der Waals surface area contributed by atoms with Gasteiger partial charge in [0.05, 0.1) is 5.52 Å². The highest BCUT2D eigenvalue weighted by atomic mass is 15.1. The molecule has 2 rings (SSSR count). The number of nitrogens with zero attached hydrogens (tertiary/aromatic N) is 1. The standard InChI is InChI=1S/C10H13N3.C2H6/c1-6-4-5-8-9(10(6)11-3)7(2)12-13-8;1-2/h4-5,11H,1-3H3,(H,12,13);1-2H3. The van der Waals surface area contributed by atoms with Gasteiger partial charge in [-0.2, -0.15) is 5.10 Å². The second-order valence-corrected chi connectivity index (χ2v) is 3.25. The van der Waals surface area contributed by atoms with Crippen LogP contribution in [0, 0.1) is 13.8 Å². The maximum Gasteiger partial charge on any atom is 0.0944 e. The molecule has 0 atom stereocenters. The van der Waals surface area contributed by atoms with Crippen LogP contribution in [0.25, 0.3) is 10.9 Å². The van der Waals surface area contributed by atoms with Crippen molar-refractivity contribution in [1.29, 1.82) is 0 Å². The molecule has 0 saturated heterocycles. The van der Waals surface area contributed by atoms with Gasteiger partial charge in [-0.25, -0.2) is 0 Å². The second-order valence-electron chi connectivity index (χ2n) is 3.25. The van der Waals surface area contributed by atoms with Crippen molar-refractivity contribution >= 4 is 16.6 Å². The lowest BCUT2D eigenvalue weighted by molar-refractivity contribution is 1.07. The fourth-order valence-electron chi connectivity index (χ4n) is 1.69. The van der Waals surface area contributed by atoms with Gasteiger partial charge in [0.15, 0.2) is 0 Å².